The summed E-state index contributed by atoms with van der Waals surface area (Å²) in [6.07, 6.45) is 17.4. The second-order valence-corrected chi connectivity index (χ2v) is 11.3. The Morgan fingerprint density at radius 1 is 1.05 bits per heavy atom. The van der Waals surface area contributed by atoms with E-state index in [1.165, 1.54) is 43.2 Å². The van der Waals surface area contributed by atoms with E-state index in [1.54, 1.807) is 18.6 Å². The molecular formula is C33H54N4O2. The molecule has 1 aromatic carbocycles. The van der Waals surface area contributed by atoms with Gasteiger partial charge in [0.15, 0.2) is 5.78 Å². The molecule has 0 radical (unpaired) electrons. The summed E-state index contributed by atoms with van der Waals surface area (Å²) in [5, 5.41) is 16.6. The number of allylic oxidation sites excluding steroid dienone is 4. The zero-order chi connectivity index (χ0) is 28.7. The highest BCUT2D eigenvalue weighted by Crippen LogP contribution is 2.32. The Labute approximate surface area is 237 Å². The van der Waals surface area contributed by atoms with E-state index in [1.807, 2.05) is 32.9 Å². The fourth-order valence-electron chi connectivity index (χ4n) is 5.17. The number of nitrogens with one attached hydrogen (secondary N) is 4. The fraction of sp³-hybridized carbons (Fsp3) is 0.606. The third-order valence-corrected chi connectivity index (χ3v) is 7.92. The molecule has 0 heterocycles. The summed E-state index contributed by atoms with van der Waals surface area (Å²) in [6, 6.07) is 5.74. The highest BCUT2D eigenvalue weighted by Gasteiger charge is 2.33. The van der Waals surface area contributed by atoms with E-state index >= 15 is 0 Å². The molecule has 1 aromatic rings. The summed E-state index contributed by atoms with van der Waals surface area (Å²) >= 11 is 0. The summed E-state index contributed by atoms with van der Waals surface area (Å²) in [4.78, 5) is 11.7. The number of benzene rings is 1. The second kappa shape index (κ2) is 17.2. The molecule has 0 amide bonds. The van der Waals surface area contributed by atoms with Gasteiger partial charge in [0.2, 0.25) is 0 Å². The first-order chi connectivity index (χ1) is 18.7. The number of hydrogen-bond acceptors (Lipinski definition) is 6. The summed E-state index contributed by atoms with van der Waals surface area (Å²) in [7, 11) is 0. The predicted octanol–water partition coefficient (Wildman–Crippen LogP) is 6.72. The van der Waals surface area contributed by atoms with Crippen molar-refractivity contribution in [1.82, 2.24) is 21.5 Å². The van der Waals surface area contributed by atoms with E-state index in [0.29, 0.717) is 5.75 Å². The van der Waals surface area contributed by atoms with Crippen molar-refractivity contribution in [3.63, 3.8) is 0 Å². The monoisotopic (exact) mass is 538 g/mol. The van der Waals surface area contributed by atoms with Gasteiger partial charge >= 0.3 is 0 Å². The fourth-order valence-corrected chi connectivity index (χ4v) is 5.17. The molecule has 1 atom stereocenters. The molecule has 2 aliphatic rings. The Morgan fingerprint density at radius 2 is 1.72 bits per heavy atom. The molecule has 0 saturated heterocycles. The molecule has 0 aromatic heterocycles. The maximum Gasteiger partial charge on any atom is 0.150 e. The number of carbonyl (C=O) groups is 1. The first-order valence-corrected chi connectivity index (χ1v) is 15.1. The lowest BCUT2D eigenvalue weighted by Crippen LogP contribution is -2.55. The van der Waals surface area contributed by atoms with Crippen LogP contribution in [0.4, 0.5) is 0 Å². The molecule has 1 saturated carbocycles. The van der Waals surface area contributed by atoms with Crippen LogP contribution < -0.4 is 21.5 Å². The van der Waals surface area contributed by atoms with Crippen molar-refractivity contribution >= 4 is 5.78 Å². The zero-order valence-corrected chi connectivity index (χ0v) is 25.4. The van der Waals surface area contributed by atoms with Crippen LogP contribution >= 0.6 is 0 Å². The molecule has 0 aliphatic heterocycles. The third kappa shape index (κ3) is 11.6. The minimum Gasteiger partial charge on any atom is -0.508 e. The molecule has 6 heteroatoms. The van der Waals surface area contributed by atoms with Crippen LogP contribution in [0.15, 0.2) is 53.4 Å². The lowest BCUT2D eigenvalue weighted by molar-refractivity contribution is -0.123. The highest BCUT2D eigenvalue weighted by atomic mass is 16.3. The maximum absolute atomic E-state index is 11.7. The van der Waals surface area contributed by atoms with Crippen LogP contribution in [0.1, 0.15) is 104 Å². The zero-order valence-electron chi connectivity index (χ0n) is 25.4. The summed E-state index contributed by atoms with van der Waals surface area (Å²) < 4.78 is 0. The molecular weight excluding hydrogens is 484 g/mol. The summed E-state index contributed by atoms with van der Waals surface area (Å²) in [5.41, 5.74) is 10.9. The molecule has 5 N–H and O–H groups in total. The van der Waals surface area contributed by atoms with Crippen molar-refractivity contribution in [2.75, 3.05) is 13.1 Å². The molecule has 1 unspecified atom stereocenters. The van der Waals surface area contributed by atoms with Crippen LogP contribution in [0, 0.1) is 12.8 Å². The average molecular weight is 539 g/mol. The van der Waals surface area contributed by atoms with Gasteiger partial charge in [-0.05, 0) is 82.1 Å². The number of rotatable bonds is 14. The predicted molar refractivity (Wildman–Crippen MR) is 164 cm³/mol. The number of aromatic hydroxyl groups is 1. The van der Waals surface area contributed by atoms with Gasteiger partial charge in [-0.1, -0.05) is 81.9 Å². The SMILES string of the molecule is CC/C=C(\NCC1=CC=C(CC)CC1)NCc1ccc(O)c(C)c1.CCNNC(C)(CC1CCCC1)C(C)=O. The minimum absolute atomic E-state index is 0.232. The van der Waals surface area contributed by atoms with Crippen molar-refractivity contribution in [2.24, 2.45) is 5.92 Å². The first-order valence-electron chi connectivity index (χ1n) is 15.1. The molecule has 2 aliphatic carbocycles. The van der Waals surface area contributed by atoms with Gasteiger partial charge in [0.25, 0.3) is 0 Å². The van der Waals surface area contributed by atoms with Crippen LogP contribution in [0.5, 0.6) is 5.75 Å². The van der Waals surface area contributed by atoms with Crippen molar-refractivity contribution in [3.8, 4) is 5.75 Å². The van der Waals surface area contributed by atoms with Crippen LogP contribution in [0.2, 0.25) is 0 Å². The second-order valence-electron chi connectivity index (χ2n) is 11.3. The maximum atomic E-state index is 11.7. The van der Waals surface area contributed by atoms with Crippen molar-refractivity contribution in [2.45, 2.75) is 111 Å². The smallest absolute Gasteiger partial charge is 0.150 e. The molecule has 1 fully saturated rings. The third-order valence-electron chi connectivity index (χ3n) is 7.92. The van der Waals surface area contributed by atoms with Crippen molar-refractivity contribution in [1.29, 1.82) is 0 Å². The van der Waals surface area contributed by atoms with E-state index in [4.69, 9.17) is 0 Å². The van der Waals surface area contributed by atoms with E-state index < -0.39 is 0 Å². The van der Waals surface area contributed by atoms with Gasteiger partial charge < -0.3 is 15.7 Å². The molecule has 218 valence electrons. The summed E-state index contributed by atoms with van der Waals surface area (Å²) in [5.74, 6) is 2.39. The highest BCUT2D eigenvalue weighted by molar-refractivity contribution is 5.85. The molecule has 6 nitrogen and oxygen atoms in total. The lowest BCUT2D eigenvalue weighted by atomic mass is 9.85. The standard InChI is InChI=1S/C21H30N2O.C12H24N2O/c1-4-6-21(22-14-18-9-7-17(5-2)8-10-18)23-15-19-11-12-20(24)16(3)13-19;1-4-13-14-12(3,10(2)15)9-11-7-5-6-8-11/h6-7,9,11-13,22-24H,4-5,8,10,14-15H2,1-3H3;11,13-14H,4-9H2,1-3H3/b21-6+;. The normalized spacial score (nSPS) is 17.4. The largest absolute Gasteiger partial charge is 0.508 e. The Kier molecular flexibility index (Phi) is 14.4. The molecule has 0 spiro atoms. The van der Waals surface area contributed by atoms with Gasteiger partial charge in [0.05, 0.1) is 11.4 Å². The topological polar surface area (TPSA) is 85.4 Å². The van der Waals surface area contributed by atoms with Gasteiger partial charge in [-0.2, -0.15) is 0 Å². The number of phenols is 1. The van der Waals surface area contributed by atoms with Crippen LogP contribution in [0.25, 0.3) is 0 Å². The van der Waals surface area contributed by atoms with Gasteiger partial charge in [0, 0.05) is 19.6 Å². The number of Topliss-reactive ketones (excluding diaryl/α,β-unsaturated/α-hetero) is 1. The van der Waals surface area contributed by atoms with E-state index in [9.17, 15) is 9.90 Å². The van der Waals surface area contributed by atoms with Gasteiger partial charge in [-0.25, -0.2) is 5.43 Å². The van der Waals surface area contributed by atoms with Crippen LogP contribution in [0.3, 0.4) is 0 Å². The average Bonchev–Trinajstić information content (AvgIpc) is 3.44. The number of ketones is 1. The number of carbonyl (C=O) groups excluding carboxylic acids is 1. The molecule has 3 rings (SSSR count). The van der Waals surface area contributed by atoms with Crippen LogP contribution in [-0.4, -0.2) is 29.5 Å². The summed E-state index contributed by atoms with van der Waals surface area (Å²) in [6.45, 7) is 14.5. The van der Waals surface area contributed by atoms with Crippen molar-refractivity contribution in [3.05, 3.63) is 64.5 Å². The Bertz CT molecular complexity index is 991. The number of hydrazine groups is 1. The molecule has 39 heavy (non-hydrogen) atoms. The van der Waals surface area contributed by atoms with Crippen LogP contribution in [-0.2, 0) is 11.3 Å². The van der Waals surface area contributed by atoms with Gasteiger partial charge in [0.1, 0.15) is 5.75 Å². The quantitative estimate of drug-likeness (QED) is 0.169. The van der Waals surface area contributed by atoms with Gasteiger partial charge in [-0.15, -0.1) is 0 Å². The lowest BCUT2D eigenvalue weighted by Gasteiger charge is -2.31. The molecule has 0 bridgehead atoms. The van der Waals surface area contributed by atoms with E-state index in [0.717, 1.165) is 62.6 Å². The van der Waals surface area contributed by atoms with Crippen molar-refractivity contribution < 1.29 is 9.90 Å². The van der Waals surface area contributed by atoms with E-state index in [2.05, 4.69) is 53.6 Å². The Hall–Kier alpha value is -2.57. The minimum atomic E-state index is -0.384. The Balaban J connectivity index is 0.000000306. The Morgan fingerprint density at radius 3 is 2.28 bits per heavy atom. The number of phenolic OH excluding ortho intramolecular Hbond substituents is 1. The van der Waals surface area contributed by atoms with Gasteiger partial charge in [-0.3, -0.25) is 10.2 Å². The van der Waals surface area contributed by atoms with E-state index in [-0.39, 0.29) is 11.3 Å². The number of aryl methyl sites for hydroxylation is 1. The first kappa shape index (κ1) is 32.6. The number of hydrogen-bond donors (Lipinski definition) is 5.